The van der Waals surface area contributed by atoms with Gasteiger partial charge in [-0.15, -0.1) is 0 Å². The van der Waals surface area contributed by atoms with Crippen LogP contribution in [0.2, 0.25) is 0 Å². The van der Waals surface area contributed by atoms with Gasteiger partial charge in [-0.05, 0) is 30.2 Å². The second-order valence-electron chi connectivity index (χ2n) is 8.37. The Morgan fingerprint density at radius 3 is 1.66 bits per heavy atom. The van der Waals surface area contributed by atoms with Gasteiger partial charge in [0.25, 0.3) is 0 Å². The van der Waals surface area contributed by atoms with Crippen molar-refractivity contribution in [3.05, 3.63) is 23.8 Å². The number of methoxy groups -OCH3 is 2. The van der Waals surface area contributed by atoms with Gasteiger partial charge in [0.2, 0.25) is 5.75 Å². The van der Waals surface area contributed by atoms with E-state index < -0.39 is 0 Å². The van der Waals surface area contributed by atoms with Crippen molar-refractivity contribution in [3.63, 3.8) is 0 Å². The van der Waals surface area contributed by atoms with Gasteiger partial charge in [0, 0.05) is 6.08 Å². The average Bonchev–Trinajstić information content (AvgIpc) is 2.80. The molecule has 1 rings (SSSR count). The lowest BCUT2D eigenvalue weighted by atomic mass is 10.0. The molecule has 0 unspecified atom stereocenters. The van der Waals surface area contributed by atoms with Crippen molar-refractivity contribution in [1.29, 1.82) is 0 Å². The molecule has 0 amide bonds. The number of esters is 1. The van der Waals surface area contributed by atoms with Gasteiger partial charge in [-0.25, -0.2) is 4.79 Å². The smallest absolute Gasteiger partial charge is 0.330 e. The second-order valence-corrected chi connectivity index (χ2v) is 8.37. The number of aromatic hydroxyl groups is 1. The maximum absolute atomic E-state index is 11.9. The zero-order valence-electron chi connectivity index (χ0n) is 20.5. The van der Waals surface area contributed by atoms with Crippen molar-refractivity contribution in [2.24, 2.45) is 0 Å². The summed E-state index contributed by atoms with van der Waals surface area (Å²) < 4.78 is 15.5. The molecular weight excluding hydrogens is 404 g/mol. The first-order chi connectivity index (χ1) is 15.6. The summed E-state index contributed by atoms with van der Waals surface area (Å²) in [6.07, 6.45) is 21.3. The van der Waals surface area contributed by atoms with Crippen LogP contribution in [0.3, 0.4) is 0 Å². The van der Waals surface area contributed by atoms with Gasteiger partial charge < -0.3 is 19.3 Å². The lowest BCUT2D eigenvalue weighted by molar-refractivity contribution is -0.137. The van der Waals surface area contributed by atoms with Crippen LogP contribution in [0.5, 0.6) is 17.2 Å². The number of unbranched alkanes of at least 4 members (excludes halogenated alkanes) is 13. The van der Waals surface area contributed by atoms with Crippen LogP contribution in [0.15, 0.2) is 18.2 Å². The molecule has 0 aromatic heterocycles. The molecule has 0 heterocycles. The fourth-order valence-electron chi connectivity index (χ4n) is 3.69. The maximum Gasteiger partial charge on any atom is 0.330 e. The Balaban J connectivity index is 2.04. The Morgan fingerprint density at radius 1 is 0.781 bits per heavy atom. The molecule has 0 saturated carbocycles. The molecule has 0 aliphatic rings. The summed E-state index contributed by atoms with van der Waals surface area (Å²) in [7, 11) is 2.93. The molecule has 0 aliphatic heterocycles. The lowest BCUT2D eigenvalue weighted by Gasteiger charge is -2.09. The predicted octanol–water partition coefficient (Wildman–Crippen LogP) is 7.45. The van der Waals surface area contributed by atoms with Crippen molar-refractivity contribution >= 4 is 12.0 Å². The first-order valence-corrected chi connectivity index (χ1v) is 12.4. The van der Waals surface area contributed by atoms with Crippen molar-refractivity contribution in [2.45, 2.75) is 96.8 Å². The van der Waals surface area contributed by atoms with E-state index in [-0.39, 0.29) is 11.7 Å². The van der Waals surface area contributed by atoms with Crippen LogP contribution in [0, 0.1) is 0 Å². The van der Waals surface area contributed by atoms with Gasteiger partial charge >= 0.3 is 5.97 Å². The molecule has 182 valence electrons. The Labute approximate surface area is 195 Å². The van der Waals surface area contributed by atoms with E-state index in [2.05, 4.69) is 6.92 Å². The SMILES string of the molecule is CCCCCCCCCCCCCCCCOC(=O)/C=C/c1cc(OC)c(O)c(OC)c1. The summed E-state index contributed by atoms with van der Waals surface area (Å²) in [6, 6.07) is 3.27. The summed E-state index contributed by atoms with van der Waals surface area (Å²) in [5.74, 6) is 0.151. The fourth-order valence-corrected chi connectivity index (χ4v) is 3.69. The van der Waals surface area contributed by atoms with E-state index in [4.69, 9.17) is 14.2 Å². The van der Waals surface area contributed by atoms with Gasteiger partial charge in [-0.1, -0.05) is 90.4 Å². The second kappa shape index (κ2) is 18.4. The summed E-state index contributed by atoms with van der Waals surface area (Å²) >= 11 is 0. The topological polar surface area (TPSA) is 65.0 Å². The zero-order chi connectivity index (χ0) is 23.4. The minimum Gasteiger partial charge on any atom is -0.502 e. The van der Waals surface area contributed by atoms with Crippen LogP contribution >= 0.6 is 0 Å². The number of phenolic OH excluding ortho intramolecular Hbond substituents is 1. The number of hydrogen-bond acceptors (Lipinski definition) is 5. The van der Waals surface area contributed by atoms with Gasteiger partial charge in [0.15, 0.2) is 11.5 Å². The summed E-state index contributed by atoms with van der Waals surface area (Å²) in [4.78, 5) is 11.9. The van der Waals surface area contributed by atoms with Crippen LogP contribution in [0.1, 0.15) is 102 Å². The minimum atomic E-state index is -0.370. The fraction of sp³-hybridized carbons (Fsp3) is 0.667. The van der Waals surface area contributed by atoms with E-state index in [1.807, 2.05) is 0 Å². The van der Waals surface area contributed by atoms with E-state index in [9.17, 15) is 9.90 Å². The summed E-state index contributed by atoms with van der Waals surface area (Å²) in [5.41, 5.74) is 0.685. The number of carbonyl (C=O) groups is 1. The van der Waals surface area contributed by atoms with Crippen molar-refractivity contribution in [1.82, 2.24) is 0 Å². The number of carbonyl (C=O) groups excluding carboxylic acids is 1. The van der Waals surface area contributed by atoms with Crippen LogP contribution in [0.25, 0.3) is 6.08 Å². The van der Waals surface area contributed by atoms with Crippen LogP contribution < -0.4 is 9.47 Å². The van der Waals surface area contributed by atoms with E-state index in [1.54, 1.807) is 18.2 Å². The molecule has 0 radical (unpaired) electrons. The highest BCUT2D eigenvalue weighted by atomic mass is 16.5. The van der Waals surface area contributed by atoms with E-state index >= 15 is 0 Å². The Morgan fingerprint density at radius 2 is 1.22 bits per heavy atom. The highest BCUT2D eigenvalue weighted by Gasteiger charge is 2.10. The number of benzene rings is 1. The molecule has 0 atom stereocenters. The predicted molar refractivity (Wildman–Crippen MR) is 132 cm³/mol. The molecule has 32 heavy (non-hydrogen) atoms. The molecular formula is C27H44O5. The van der Waals surface area contributed by atoms with Crippen molar-refractivity contribution < 1.29 is 24.1 Å². The molecule has 0 fully saturated rings. The van der Waals surface area contributed by atoms with Crippen molar-refractivity contribution in [3.8, 4) is 17.2 Å². The first kappa shape index (κ1) is 27.9. The molecule has 0 spiro atoms. The van der Waals surface area contributed by atoms with Gasteiger partial charge in [-0.2, -0.15) is 0 Å². The van der Waals surface area contributed by atoms with Gasteiger partial charge in [0.1, 0.15) is 0 Å². The van der Waals surface area contributed by atoms with Crippen LogP contribution in [-0.2, 0) is 9.53 Å². The number of rotatable bonds is 19. The monoisotopic (exact) mass is 448 g/mol. The summed E-state index contributed by atoms with van der Waals surface area (Å²) in [6.45, 7) is 2.71. The van der Waals surface area contributed by atoms with Crippen LogP contribution in [-0.4, -0.2) is 31.9 Å². The van der Waals surface area contributed by atoms with Gasteiger partial charge in [-0.3, -0.25) is 0 Å². The molecule has 1 aromatic carbocycles. The van der Waals surface area contributed by atoms with Crippen LogP contribution in [0.4, 0.5) is 0 Å². The maximum atomic E-state index is 11.9. The lowest BCUT2D eigenvalue weighted by Crippen LogP contribution is -2.02. The number of hydrogen-bond donors (Lipinski definition) is 1. The molecule has 1 N–H and O–H groups in total. The molecule has 1 aromatic rings. The Bertz CT molecular complexity index is 628. The third-order valence-electron chi connectivity index (χ3n) is 5.66. The number of phenols is 1. The first-order valence-electron chi connectivity index (χ1n) is 12.4. The molecule has 5 heteroatoms. The van der Waals surface area contributed by atoms with E-state index in [0.29, 0.717) is 23.7 Å². The van der Waals surface area contributed by atoms with E-state index in [1.165, 1.54) is 97.3 Å². The molecule has 0 saturated heterocycles. The van der Waals surface area contributed by atoms with Gasteiger partial charge in [0.05, 0.1) is 20.8 Å². The number of ether oxygens (including phenoxy) is 3. The standard InChI is InChI=1S/C27H44O5/c1-4-5-6-7-8-9-10-11-12-13-14-15-16-17-20-32-26(28)19-18-23-21-24(30-2)27(29)25(22-23)31-3/h18-19,21-22,29H,4-17,20H2,1-3H3/b19-18+. The quantitative estimate of drug-likeness (QED) is 0.135. The Hall–Kier alpha value is -2.17. The highest BCUT2D eigenvalue weighted by Crippen LogP contribution is 2.37. The third kappa shape index (κ3) is 12.6. The third-order valence-corrected chi connectivity index (χ3v) is 5.66. The van der Waals surface area contributed by atoms with E-state index in [0.717, 1.165) is 12.8 Å². The average molecular weight is 449 g/mol. The highest BCUT2D eigenvalue weighted by molar-refractivity contribution is 5.87. The molecule has 0 bridgehead atoms. The molecule has 5 nitrogen and oxygen atoms in total. The Kier molecular flexibility index (Phi) is 16.0. The van der Waals surface area contributed by atoms with Crippen molar-refractivity contribution in [2.75, 3.05) is 20.8 Å². The molecule has 0 aliphatic carbocycles. The minimum absolute atomic E-state index is 0.0625. The largest absolute Gasteiger partial charge is 0.502 e. The normalized spacial score (nSPS) is 11.1. The zero-order valence-corrected chi connectivity index (χ0v) is 20.5. The summed E-state index contributed by atoms with van der Waals surface area (Å²) in [5, 5.41) is 9.93.